The predicted molar refractivity (Wildman–Crippen MR) is 64.2 cm³/mol. The van der Waals surface area contributed by atoms with Crippen molar-refractivity contribution in [1.82, 2.24) is 10.6 Å². The maximum atomic E-state index is 5.69. The number of rotatable bonds is 7. The third-order valence-electron chi connectivity index (χ3n) is 2.98. The minimum Gasteiger partial charge on any atom is -0.378 e. The predicted octanol–water partition coefficient (Wildman–Crippen LogP) is 1.53. The van der Waals surface area contributed by atoms with Crippen LogP contribution in [0.2, 0.25) is 0 Å². The molecule has 3 heteroatoms. The van der Waals surface area contributed by atoms with Gasteiger partial charge in [0.1, 0.15) is 0 Å². The van der Waals surface area contributed by atoms with Gasteiger partial charge in [-0.3, -0.25) is 0 Å². The zero-order valence-electron chi connectivity index (χ0n) is 10.2. The monoisotopic (exact) mass is 214 g/mol. The van der Waals surface area contributed by atoms with E-state index in [0.717, 1.165) is 19.7 Å². The maximum Gasteiger partial charge on any atom is 0.0575 e. The highest BCUT2D eigenvalue weighted by Crippen LogP contribution is 2.16. The van der Waals surface area contributed by atoms with Gasteiger partial charge in [-0.15, -0.1) is 0 Å². The fourth-order valence-electron chi connectivity index (χ4n) is 2.09. The first kappa shape index (κ1) is 12.9. The molecule has 0 aromatic rings. The van der Waals surface area contributed by atoms with E-state index in [1.807, 2.05) is 7.05 Å². The van der Waals surface area contributed by atoms with Crippen molar-refractivity contribution in [1.29, 1.82) is 0 Å². The molecule has 1 fully saturated rings. The average molecular weight is 214 g/mol. The van der Waals surface area contributed by atoms with Crippen LogP contribution in [0.3, 0.4) is 0 Å². The number of hydrogen-bond donors (Lipinski definition) is 2. The first-order chi connectivity index (χ1) is 7.33. The van der Waals surface area contributed by atoms with Gasteiger partial charge < -0.3 is 15.4 Å². The van der Waals surface area contributed by atoms with E-state index in [2.05, 4.69) is 17.6 Å². The average Bonchev–Trinajstić information content (AvgIpc) is 2.26. The first-order valence-corrected chi connectivity index (χ1v) is 6.32. The number of likely N-dealkylation sites (N-methyl/N-ethyl adjacent to an activating group) is 1. The van der Waals surface area contributed by atoms with Crippen LogP contribution >= 0.6 is 0 Å². The highest BCUT2D eigenvalue weighted by molar-refractivity contribution is 4.66. The number of nitrogens with one attached hydrogen (secondary N) is 2. The summed E-state index contributed by atoms with van der Waals surface area (Å²) in [5, 5.41) is 6.68. The summed E-state index contributed by atoms with van der Waals surface area (Å²) in [4.78, 5) is 0. The molecule has 0 spiro atoms. The van der Waals surface area contributed by atoms with E-state index in [0.29, 0.717) is 12.1 Å². The third kappa shape index (κ3) is 6.13. The highest BCUT2D eigenvalue weighted by Gasteiger charge is 2.12. The van der Waals surface area contributed by atoms with E-state index in [9.17, 15) is 0 Å². The summed E-state index contributed by atoms with van der Waals surface area (Å²) in [6.07, 6.45) is 6.88. The Labute approximate surface area is 94.0 Å². The summed E-state index contributed by atoms with van der Waals surface area (Å²) in [5.74, 6) is 0. The zero-order chi connectivity index (χ0) is 10.9. The lowest BCUT2D eigenvalue weighted by molar-refractivity contribution is 0.0101. The van der Waals surface area contributed by atoms with Crippen molar-refractivity contribution in [3.63, 3.8) is 0 Å². The molecule has 2 N–H and O–H groups in total. The van der Waals surface area contributed by atoms with Crippen molar-refractivity contribution in [3.8, 4) is 0 Å². The Morgan fingerprint density at radius 3 is 2.93 bits per heavy atom. The topological polar surface area (TPSA) is 33.3 Å². The fraction of sp³-hybridized carbons (Fsp3) is 1.00. The van der Waals surface area contributed by atoms with Crippen LogP contribution in [-0.2, 0) is 4.74 Å². The fourth-order valence-corrected chi connectivity index (χ4v) is 2.09. The summed E-state index contributed by atoms with van der Waals surface area (Å²) in [6.45, 7) is 5.35. The summed E-state index contributed by atoms with van der Waals surface area (Å²) in [7, 11) is 1.99. The minimum atomic E-state index is 0.542. The molecule has 0 saturated carbocycles. The van der Waals surface area contributed by atoms with Gasteiger partial charge in [0.05, 0.1) is 6.10 Å². The third-order valence-corrected chi connectivity index (χ3v) is 2.98. The molecule has 0 aromatic heterocycles. The standard InChI is InChI=1S/C12H26N2O/c1-11(10-13-2)14-8-5-7-12-6-3-4-9-15-12/h11-14H,3-10H2,1-2H3. The van der Waals surface area contributed by atoms with E-state index < -0.39 is 0 Å². The van der Waals surface area contributed by atoms with E-state index in [-0.39, 0.29) is 0 Å². The van der Waals surface area contributed by atoms with Crippen LogP contribution in [0.1, 0.15) is 39.0 Å². The Kier molecular flexibility index (Phi) is 6.98. The number of ether oxygens (including phenoxy) is 1. The summed E-state index contributed by atoms with van der Waals surface area (Å²) < 4.78 is 5.69. The van der Waals surface area contributed by atoms with E-state index >= 15 is 0 Å². The van der Waals surface area contributed by atoms with Gasteiger partial charge >= 0.3 is 0 Å². The van der Waals surface area contributed by atoms with Crippen molar-refractivity contribution < 1.29 is 4.74 Å². The van der Waals surface area contributed by atoms with Gasteiger partial charge in [0.2, 0.25) is 0 Å². The van der Waals surface area contributed by atoms with Gasteiger partial charge in [0, 0.05) is 19.2 Å². The molecule has 2 unspecified atom stereocenters. The molecule has 3 nitrogen and oxygen atoms in total. The molecule has 1 aliphatic heterocycles. The van der Waals surface area contributed by atoms with Crippen molar-refractivity contribution >= 4 is 0 Å². The van der Waals surface area contributed by atoms with E-state index in [4.69, 9.17) is 4.74 Å². The van der Waals surface area contributed by atoms with Crippen molar-refractivity contribution in [2.75, 3.05) is 26.7 Å². The molecule has 0 aliphatic carbocycles. The molecule has 0 amide bonds. The normalized spacial score (nSPS) is 24.0. The smallest absolute Gasteiger partial charge is 0.0575 e. The largest absolute Gasteiger partial charge is 0.378 e. The Morgan fingerprint density at radius 1 is 1.40 bits per heavy atom. The van der Waals surface area contributed by atoms with Gasteiger partial charge in [-0.2, -0.15) is 0 Å². The lowest BCUT2D eigenvalue weighted by Crippen LogP contribution is -2.35. The van der Waals surface area contributed by atoms with Crippen LogP contribution in [0, 0.1) is 0 Å². The highest BCUT2D eigenvalue weighted by atomic mass is 16.5. The van der Waals surface area contributed by atoms with Crippen LogP contribution in [0.25, 0.3) is 0 Å². The molecule has 1 saturated heterocycles. The Bertz CT molecular complexity index is 147. The van der Waals surface area contributed by atoms with Gasteiger partial charge in [-0.05, 0) is 52.6 Å². The molecular formula is C12H26N2O. The van der Waals surface area contributed by atoms with Gasteiger partial charge in [0.25, 0.3) is 0 Å². The second kappa shape index (κ2) is 8.08. The van der Waals surface area contributed by atoms with Crippen molar-refractivity contribution in [2.45, 2.75) is 51.2 Å². The lowest BCUT2D eigenvalue weighted by atomic mass is 10.0. The molecule has 2 atom stereocenters. The molecule has 1 heterocycles. The van der Waals surface area contributed by atoms with Crippen LogP contribution in [0.15, 0.2) is 0 Å². The quantitative estimate of drug-likeness (QED) is 0.631. The minimum absolute atomic E-state index is 0.542. The molecule has 15 heavy (non-hydrogen) atoms. The molecular weight excluding hydrogens is 188 g/mol. The first-order valence-electron chi connectivity index (χ1n) is 6.32. The Balaban J connectivity index is 1.91. The Morgan fingerprint density at radius 2 is 2.27 bits per heavy atom. The second-order valence-corrected chi connectivity index (χ2v) is 4.54. The Hall–Kier alpha value is -0.120. The van der Waals surface area contributed by atoms with Gasteiger partial charge in [-0.25, -0.2) is 0 Å². The second-order valence-electron chi connectivity index (χ2n) is 4.54. The van der Waals surface area contributed by atoms with Gasteiger partial charge in [-0.1, -0.05) is 0 Å². The van der Waals surface area contributed by atoms with Crippen LogP contribution in [0.4, 0.5) is 0 Å². The molecule has 0 bridgehead atoms. The molecule has 1 rings (SSSR count). The summed E-state index contributed by atoms with van der Waals surface area (Å²) in [5.41, 5.74) is 0. The maximum absolute atomic E-state index is 5.69. The molecule has 0 radical (unpaired) electrons. The van der Waals surface area contributed by atoms with E-state index in [1.54, 1.807) is 0 Å². The van der Waals surface area contributed by atoms with Crippen molar-refractivity contribution in [2.24, 2.45) is 0 Å². The van der Waals surface area contributed by atoms with E-state index in [1.165, 1.54) is 32.1 Å². The molecule has 90 valence electrons. The van der Waals surface area contributed by atoms with Gasteiger partial charge in [0.15, 0.2) is 0 Å². The van der Waals surface area contributed by atoms with Crippen LogP contribution < -0.4 is 10.6 Å². The molecule has 0 aromatic carbocycles. The van der Waals surface area contributed by atoms with Crippen LogP contribution in [0.5, 0.6) is 0 Å². The zero-order valence-corrected chi connectivity index (χ0v) is 10.2. The lowest BCUT2D eigenvalue weighted by Gasteiger charge is -2.22. The summed E-state index contributed by atoms with van der Waals surface area (Å²) >= 11 is 0. The van der Waals surface area contributed by atoms with Crippen LogP contribution in [-0.4, -0.2) is 38.9 Å². The number of hydrogen-bond acceptors (Lipinski definition) is 3. The summed E-state index contributed by atoms with van der Waals surface area (Å²) in [6, 6.07) is 0.572. The van der Waals surface area contributed by atoms with Crippen molar-refractivity contribution in [3.05, 3.63) is 0 Å². The SMILES string of the molecule is CNCC(C)NCCCC1CCCCO1. The molecule has 1 aliphatic rings.